The number of carbonyl (C=O) groups is 1. The molecule has 1 aliphatic heterocycles. The molecule has 0 spiro atoms. The maximum atomic E-state index is 12.3. The molecule has 0 aliphatic carbocycles. The maximum absolute atomic E-state index is 12.3. The van der Waals surface area contributed by atoms with Gasteiger partial charge in [-0.3, -0.25) is 14.5 Å². The van der Waals surface area contributed by atoms with Crippen molar-refractivity contribution >= 4 is 17.2 Å². The quantitative estimate of drug-likeness (QED) is 0.884. The van der Waals surface area contributed by atoms with Gasteiger partial charge in [0, 0.05) is 17.1 Å². The fourth-order valence-corrected chi connectivity index (χ4v) is 3.84. The predicted molar refractivity (Wildman–Crippen MR) is 92.0 cm³/mol. The minimum atomic E-state index is -0.337. The Morgan fingerprint density at radius 3 is 2.78 bits per heavy atom. The number of hydrogen-bond acceptors (Lipinski definition) is 4. The molecular weight excluding hydrogens is 310 g/mol. The molecule has 3 heterocycles. The first-order valence-corrected chi connectivity index (χ1v) is 8.78. The second-order valence-electron chi connectivity index (χ2n) is 5.87. The van der Waals surface area contributed by atoms with Gasteiger partial charge in [0.15, 0.2) is 0 Å². The summed E-state index contributed by atoms with van der Waals surface area (Å²) in [5.41, 5.74) is 0.582. The largest absolute Gasteiger partial charge is 0.350 e. The Kier molecular flexibility index (Phi) is 4.93. The van der Waals surface area contributed by atoms with Crippen LogP contribution in [0.2, 0.25) is 0 Å². The van der Waals surface area contributed by atoms with Crippen LogP contribution in [0.25, 0.3) is 0 Å². The van der Waals surface area contributed by atoms with E-state index in [2.05, 4.69) is 26.6 Å². The van der Waals surface area contributed by atoms with E-state index in [4.69, 9.17) is 0 Å². The number of thiophene rings is 1. The van der Waals surface area contributed by atoms with Gasteiger partial charge in [-0.15, -0.1) is 11.3 Å². The van der Waals surface area contributed by atoms with Crippen LogP contribution in [-0.4, -0.2) is 35.4 Å². The van der Waals surface area contributed by atoms with E-state index >= 15 is 0 Å². The molecule has 1 atom stereocenters. The molecule has 1 amide bonds. The van der Waals surface area contributed by atoms with Gasteiger partial charge in [0.05, 0.1) is 6.04 Å². The molecular formula is C17H21N3O2S. The Labute approximate surface area is 139 Å². The lowest BCUT2D eigenvalue weighted by Crippen LogP contribution is -2.38. The zero-order valence-electron chi connectivity index (χ0n) is 13.2. The number of hydrogen-bond donors (Lipinski definition) is 2. The van der Waals surface area contributed by atoms with Crippen molar-refractivity contribution < 1.29 is 4.79 Å². The van der Waals surface area contributed by atoms with E-state index < -0.39 is 0 Å². The zero-order chi connectivity index (χ0) is 16.2. The van der Waals surface area contributed by atoms with Crippen molar-refractivity contribution in [1.29, 1.82) is 0 Å². The van der Waals surface area contributed by atoms with Crippen molar-refractivity contribution in [3.63, 3.8) is 0 Å². The van der Waals surface area contributed by atoms with Gasteiger partial charge in [0.25, 0.3) is 11.5 Å². The summed E-state index contributed by atoms with van der Waals surface area (Å²) in [7, 11) is 0. The van der Waals surface area contributed by atoms with Gasteiger partial charge in [-0.05, 0) is 56.4 Å². The van der Waals surface area contributed by atoms with Gasteiger partial charge in [0.2, 0.25) is 0 Å². The minimum Gasteiger partial charge on any atom is -0.350 e. The summed E-state index contributed by atoms with van der Waals surface area (Å²) < 4.78 is 0. The average molecular weight is 331 g/mol. The van der Waals surface area contributed by atoms with Crippen LogP contribution in [0.3, 0.4) is 0 Å². The summed E-state index contributed by atoms with van der Waals surface area (Å²) in [6, 6.07) is 7.66. The van der Waals surface area contributed by atoms with E-state index in [0.717, 1.165) is 18.8 Å². The molecule has 23 heavy (non-hydrogen) atoms. The van der Waals surface area contributed by atoms with E-state index in [-0.39, 0.29) is 23.1 Å². The molecule has 0 unspecified atom stereocenters. The van der Waals surface area contributed by atoms with Crippen molar-refractivity contribution in [3.8, 4) is 0 Å². The average Bonchev–Trinajstić information content (AvgIpc) is 3.21. The molecule has 2 aromatic rings. The maximum Gasteiger partial charge on any atom is 0.260 e. The van der Waals surface area contributed by atoms with Crippen LogP contribution in [0.5, 0.6) is 0 Å². The van der Waals surface area contributed by atoms with E-state index in [1.54, 1.807) is 30.4 Å². The molecule has 0 aromatic carbocycles. The Morgan fingerprint density at radius 2 is 2.13 bits per heavy atom. The van der Waals surface area contributed by atoms with Gasteiger partial charge in [0.1, 0.15) is 5.56 Å². The van der Waals surface area contributed by atoms with Gasteiger partial charge in [-0.1, -0.05) is 6.07 Å². The van der Waals surface area contributed by atoms with E-state index in [0.29, 0.717) is 6.54 Å². The molecule has 122 valence electrons. The Bertz CT molecular complexity index is 718. The fraction of sp³-hybridized carbons (Fsp3) is 0.412. The van der Waals surface area contributed by atoms with Crippen LogP contribution < -0.4 is 10.9 Å². The first kappa shape index (κ1) is 16.0. The number of aromatic nitrogens is 1. The molecule has 2 aromatic heterocycles. The zero-order valence-corrected chi connectivity index (χ0v) is 14.0. The summed E-state index contributed by atoms with van der Waals surface area (Å²) in [5.74, 6) is -0.313. The number of carbonyl (C=O) groups excluding carboxylic acids is 1. The molecule has 0 radical (unpaired) electrons. The highest BCUT2D eigenvalue weighted by molar-refractivity contribution is 7.10. The summed E-state index contributed by atoms with van der Waals surface area (Å²) in [6.45, 7) is 4.43. The SMILES string of the molecule is Cc1ccc(C(=O)NC[C@@H](c2cccs2)N2CCCC2)c(=O)[nH]1. The third kappa shape index (κ3) is 3.71. The lowest BCUT2D eigenvalue weighted by atomic mass is 10.2. The first-order valence-electron chi connectivity index (χ1n) is 7.91. The van der Waals surface area contributed by atoms with Crippen molar-refractivity contribution in [2.75, 3.05) is 19.6 Å². The van der Waals surface area contributed by atoms with Crippen molar-refractivity contribution in [1.82, 2.24) is 15.2 Å². The molecule has 1 fully saturated rings. The topological polar surface area (TPSA) is 65.2 Å². The highest BCUT2D eigenvalue weighted by atomic mass is 32.1. The minimum absolute atomic E-state index is 0.168. The first-order chi connectivity index (χ1) is 11.1. The van der Waals surface area contributed by atoms with E-state index in [9.17, 15) is 9.59 Å². The standard InChI is InChI=1S/C17H21N3O2S/c1-12-6-7-13(17(22)19-12)16(21)18-11-14(15-5-4-10-23-15)20-8-2-3-9-20/h4-7,10,14H,2-3,8-9,11H2,1H3,(H,18,21)(H,19,22)/t14-/m0/s1. The number of H-pyrrole nitrogens is 1. The van der Waals surface area contributed by atoms with Crippen molar-refractivity contribution in [3.05, 3.63) is 56.1 Å². The highest BCUT2D eigenvalue weighted by Gasteiger charge is 2.25. The monoisotopic (exact) mass is 331 g/mol. The van der Waals surface area contributed by atoms with Gasteiger partial charge < -0.3 is 10.3 Å². The predicted octanol–water partition coefficient (Wildman–Crippen LogP) is 2.31. The smallest absolute Gasteiger partial charge is 0.260 e. The summed E-state index contributed by atoms with van der Waals surface area (Å²) in [4.78, 5) is 30.5. The number of nitrogens with zero attached hydrogens (tertiary/aromatic N) is 1. The number of rotatable bonds is 5. The van der Waals surface area contributed by atoms with Gasteiger partial charge in [-0.25, -0.2) is 0 Å². The second kappa shape index (κ2) is 7.10. The van der Waals surface area contributed by atoms with Crippen molar-refractivity contribution in [2.45, 2.75) is 25.8 Å². The van der Waals surface area contributed by atoms with Crippen LogP contribution in [0, 0.1) is 6.92 Å². The fourth-order valence-electron chi connectivity index (χ4n) is 2.98. The number of aryl methyl sites for hydroxylation is 1. The van der Waals surface area contributed by atoms with Crippen molar-refractivity contribution in [2.24, 2.45) is 0 Å². The number of likely N-dealkylation sites (tertiary alicyclic amines) is 1. The highest BCUT2D eigenvalue weighted by Crippen LogP contribution is 2.27. The van der Waals surface area contributed by atoms with Crippen LogP contribution >= 0.6 is 11.3 Å². The van der Waals surface area contributed by atoms with Crippen LogP contribution in [0.4, 0.5) is 0 Å². The molecule has 1 saturated heterocycles. The van der Waals surface area contributed by atoms with Crippen LogP contribution in [0.1, 0.15) is 39.8 Å². The van der Waals surface area contributed by atoms with Crippen LogP contribution in [0.15, 0.2) is 34.4 Å². The summed E-state index contributed by atoms with van der Waals surface area (Å²) >= 11 is 1.71. The third-order valence-electron chi connectivity index (χ3n) is 4.21. The van der Waals surface area contributed by atoms with Crippen LogP contribution in [-0.2, 0) is 0 Å². The second-order valence-corrected chi connectivity index (χ2v) is 6.85. The van der Waals surface area contributed by atoms with Gasteiger partial charge in [-0.2, -0.15) is 0 Å². The lowest BCUT2D eigenvalue weighted by molar-refractivity contribution is 0.0937. The number of aromatic amines is 1. The molecule has 1 aliphatic rings. The molecule has 0 bridgehead atoms. The summed E-state index contributed by atoms with van der Waals surface area (Å²) in [6.07, 6.45) is 2.40. The number of nitrogens with one attached hydrogen (secondary N) is 2. The molecule has 5 nitrogen and oxygen atoms in total. The van der Waals surface area contributed by atoms with E-state index in [1.165, 1.54) is 17.7 Å². The number of amides is 1. The molecule has 3 rings (SSSR count). The Morgan fingerprint density at radius 1 is 1.35 bits per heavy atom. The Balaban J connectivity index is 1.71. The molecule has 6 heteroatoms. The lowest BCUT2D eigenvalue weighted by Gasteiger charge is -2.26. The third-order valence-corrected chi connectivity index (χ3v) is 5.18. The molecule has 2 N–H and O–H groups in total. The molecule has 0 saturated carbocycles. The summed E-state index contributed by atoms with van der Waals surface area (Å²) in [5, 5.41) is 4.99. The normalized spacial score (nSPS) is 16.4. The van der Waals surface area contributed by atoms with Gasteiger partial charge >= 0.3 is 0 Å². The Hall–Kier alpha value is -1.92. The number of pyridine rings is 1. The van der Waals surface area contributed by atoms with E-state index in [1.807, 2.05) is 6.07 Å².